The average molecular weight is 370 g/mol. The van der Waals surface area contributed by atoms with Crippen molar-refractivity contribution in [2.45, 2.75) is 13.3 Å². The van der Waals surface area contributed by atoms with Gasteiger partial charge in [-0.15, -0.1) is 11.3 Å². The van der Waals surface area contributed by atoms with Crippen LogP contribution in [0.3, 0.4) is 0 Å². The number of carbonyl (C=O) groups is 2. The fourth-order valence-electron chi connectivity index (χ4n) is 2.49. The Labute approximate surface area is 153 Å². The van der Waals surface area contributed by atoms with Crippen LogP contribution in [-0.4, -0.2) is 22.0 Å². The Morgan fingerprint density at radius 3 is 2.50 bits per heavy atom. The number of thiazole rings is 1. The third-order valence-electron chi connectivity index (χ3n) is 3.74. The van der Waals surface area contributed by atoms with E-state index in [0.717, 1.165) is 16.9 Å². The molecular weight excluding hydrogens is 355 g/mol. The molecule has 0 unspecified atom stereocenters. The third-order valence-corrected chi connectivity index (χ3v) is 4.71. The van der Waals surface area contributed by atoms with Crippen LogP contribution in [0.15, 0.2) is 48.5 Å². The van der Waals surface area contributed by atoms with E-state index >= 15 is 0 Å². The molecule has 0 aliphatic rings. The van der Waals surface area contributed by atoms with Crippen molar-refractivity contribution in [1.29, 1.82) is 0 Å². The predicted molar refractivity (Wildman–Crippen MR) is 98.0 cm³/mol. The van der Waals surface area contributed by atoms with Gasteiger partial charge >= 0.3 is 5.97 Å². The van der Waals surface area contributed by atoms with Gasteiger partial charge in [0.2, 0.25) is 0 Å². The van der Waals surface area contributed by atoms with Crippen LogP contribution in [0.2, 0.25) is 0 Å². The summed E-state index contributed by atoms with van der Waals surface area (Å²) in [5.74, 6) is -1.71. The van der Waals surface area contributed by atoms with Crippen molar-refractivity contribution in [3.05, 3.63) is 70.4 Å². The van der Waals surface area contributed by atoms with Crippen LogP contribution < -0.4 is 5.32 Å². The first-order chi connectivity index (χ1) is 12.4. The van der Waals surface area contributed by atoms with E-state index in [1.165, 1.54) is 24.3 Å². The van der Waals surface area contributed by atoms with Crippen molar-refractivity contribution in [2.75, 3.05) is 5.32 Å². The number of nitrogens with one attached hydrogen (secondary N) is 1. The first kappa shape index (κ1) is 17.8. The van der Waals surface area contributed by atoms with Gasteiger partial charge < -0.3 is 5.11 Å². The Kier molecular flexibility index (Phi) is 5.09. The lowest BCUT2D eigenvalue weighted by Gasteiger charge is -2.04. The van der Waals surface area contributed by atoms with Crippen molar-refractivity contribution in [3.63, 3.8) is 0 Å². The molecule has 0 bridgehead atoms. The van der Waals surface area contributed by atoms with Crippen molar-refractivity contribution in [2.24, 2.45) is 0 Å². The number of aromatic nitrogens is 1. The number of carboxylic acid groups (broad SMARTS) is 1. The molecule has 132 valence electrons. The SMILES string of the molecule is Cc1ccccc1C(=O)Nc1nc(-c2ccc(F)cc2)c(CC(=O)O)s1. The first-order valence-electron chi connectivity index (χ1n) is 7.78. The summed E-state index contributed by atoms with van der Waals surface area (Å²) < 4.78 is 13.1. The molecule has 0 fully saturated rings. The van der Waals surface area contributed by atoms with Crippen LogP contribution in [0.5, 0.6) is 0 Å². The highest BCUT2D eigenvalue weighted by Crippen LogP contribution is 2.32. The maximum Gasteiger partial charge on any atom is 0.308 e. The Balaban J connectivity index is 1.93. The van der Waals surface area contributed by atoms with Gasteiger partial charge in [-0.3, -0.25) is 14.9 Å². The number of aryl methyl sites for hydroxylation is 1. The second-order valence-corrected chi connectivity index (χ2v) is 6.72. The summed E-state index contributed by atoms with van der Waals surface area (Å²) in [6, 6.07) is 12.8. The number of aliphatic carboxylic acids is 1. The molecule has 0 atom stereocenters. The lowest BCUT2D eigenvalue weighted by atomic mass is 10.1. The van der Waals surface area contributed by atoms with Crippen LogP contribution in [0, 0.1) is 12.7 Å². The maximum absolute atomic E-state index is 13.1. The van der Waals surface area contributed by atoms with E-state index in [1.807, 2.05) is 19.1 Å². The monoisotopic (exact) mass is 370 g/mol. The van der Waals surface area contributed by atoms with Crippen molar-refractivity contribution in [3.8, 4) is 11.3 Å². The number of benzene rings is 2. The molecule has 0 saturated carbocycles. The highest BCUT2D eigenvalue weighted by Gasteiger charge is 2.18. The average Bonchev–Trinajstić information content (AvgIpc) is 2.97. The molecule has 0 radical (unpaired) electrons. The number of rotatable bonds is 5. The van der Waals surface area contributed by atoms with E-state index in [2.05, 4.69) is 10.3 Å². The number of carbonyl (C=O) groups excluding carboxylic acids is 1. The molecule has 7 heteroatoms. The number of amides is 1. The van der Waals surface area contributed by atoms with Gasteiger partial charge in [-0.25, -0.2) is 9.37 Å². The molecule has 3 rings (SSSR count). The van der Waals surface area contributed by atoms with Gasteiger partial charge in [-0.2, -0.15) is 0 Å². The predicted octanol–water partition coefficient (Wildman–Crippen LogP) is 4.14. The number of nitrogens with zero attached hydrogens (tertiary/aromatic N) is 1. The molecule has 3 aromatic rings. The van der Waals surface area contributed by atoms with Gasteiger partial charge in [0.1, 0.15) is 5.82 Å². The van der Waals surface area contributed by atoms with Gasteiger partial charge in [0.05, 0.1) is 12.1 Å². The number of anilines is 1. The topological polar surface area (TPSA) is 79.3 Å². The van der Waals surface area contributed by atoms with Crippen molar-refractivity contribution < 1.29 is 19.1 Å². The molecule has 0 aliphatic carbocycles. The lowest BCUT2D eigenvalue weighted by molar-refractivity contribution is -0.136. The lowest BCUT2D eigenvalue weighted by Crippen LogP contribution is -2.12. The highest BCUT2D eigenvalue weighted by atomic mass is 32.1. The van der Waals surface area contributed by atoms with Crippen molar-refractivity contribution in [1.82, 2.24) is 4.98 Å². The molecule has 0 saturated heterocycles. The molecule has 5 nitrogen and oxygen atoms in total. The quantitative estimate of drug-likeness (QED) is 0.707. The smallest absolute Gasteiger partial charge is 0.308 e. The zero-order valence-corrected chi connectivity index (χ0v) is 14.6. The molecular formula is C19H15FN2O3S. The van der Waals surface area contributed by atoms with Gasteiger partial charge in [0.15, 0.2) is 5.13 Å². The summed E-state index contributed by atoms with van der Waals surface area (Å²) in [7, 11) is 0. The highest BCUT2D eigenvalue weighted by molar-refractivity contribution is 7.16. The Morgan fingerprint density at radius 2 is 1.85 bits per heavy atom. The minimum absolute atomic E-state index is 0.232. The normalized spacial score (nSPS) is 10.5. The van der Waals surface area contributed by atoms with E-state index in [-0.39, 0.29) is 12.3 Å². The molecule has 1 heterocycles. The van der Waals surface area contributed by atoms with E-state index in [4.69, 9.17) is 5.11 Å². The third kappa shape index (κ3) is 3.94. The Morgan fingerprint density at radius 1 is 1.15 bits per heavy atom. The summed E-state index contributed by atoms with van der Waals surface area (Å²) in [5, 5.41) is 12.1. The second kappa shape index (κ2) is 7.45. The molecule has 2 N–H and O–H groups in total. The summed E-state index contributed by atoms with van der Waals surface area (Å²) in [5.41, 5.74) is 2.37. The van der Waals surface area contributed by atoms with E-state index < -0.39 is 11.8 Å². The van der Waals surface area contributed by atoms with Crippen LogP contribution in [0.25, 0.3) is 11.3 Å². The van der Waals surface area contributed by atoms with Gasteiger partial charge in [-0.05, 0) is 42.8 Å². The number of hydrogen-bond donors (Lipinski definition) is 2. The summed E-state index contributed by atoms with van der Waals surface area (Å²) >= 11 is 1.10. The molecule has 1 aromatic heterocycles. The van der Waals surface area contributed by atoms with Crippen LogP contribution in [0.4, 0.5) is 9.52 Å². The fourth-order valence-corrected chi connectivity index (χ4v) is 3.46. The summed E-state index contributed by atoms with van der Waals surface area (Å²) in [6.07, 6.45) is -0.232. The zero-order valence-electron chi connectivity index (χ0n) is 13.8. The molecule has 1 amide bonds. The van der Waals surface area contributed by atoms with Crippen LogP contribution in [-0.2, 0) is 11.2 Å². The minimum atomic E-state index is -1.01. The van der Waals surface area contributed by atoms with Gasteiger partial charge in [0, 0.05) is 16.0 Å². The minimum Gasteiger partial charge on any atom is -0.481 e. The van der Waals surface area contributed by atoms with Crippen molar-refractivity contribution >= 4 is 28.3 Å². The second-order valence-electron chi connectivity index (χ2n) is 5.64. The zero-order chi connectivity index (χ0) is 18.7. The van der Waals surface area contributed by atoms with Gasteiger partial charge in [-0.1, -0.05) is 18.2 Å². The van der Waals surface area contributed by atoms with Crippen LogP contribution in [0.1, 0.15) is 20.8 Å². The van der Waals surface area contributed by atoms with E-state index in [0.29, 0.717) is 26.8 Å². The standard InChI is InChI=1S/C19H15FN2O3S/c1-11-4-2-3-5-14(11)18(25)22-19-21-17(15(26-19)10-16(23)24)12-6-8-13(20)9-7-12/h2-9H,10H2,1H3,(H,23,24)(H,21,22,25). The summed E-state index contributed by atoms with van der Waals surface area (Å²) in [4.78, 5) is 28.4. The Bertz CT molecular complexity index is 967. The molecule has 0 aliphatic heterocycles. The van der Waals surface area contributed by atoms with Gasteiger partial charge in [0.25, 0.3) is 5.91 Å². The number of carboxylic acids is 1. The number of hydrogen-bond acceptors (Lipinski definition) is 4. The molecule has 26 heavy (non-hydrogen) atoms. The number of halogens is 1. The first-order valence-corrected chi connectivity index (χ1v) is 8.60. The fraction of sp³-hybridized carbons (Fsp3) is 0.105. The molecule has 0 spiro atoms. The largest absolute Gasteiger partial charge is 0.481 e. The van der Waals surface area contributed by atoms with Crippen LogP contribution >= 0.6 is 11.3 Å². The maximum atomic E-state index is 13.1. The summed E-state index contributed by atoms with van der Waals surface area (Å²) in [6.45, 7) is 1.83. The Hall–Kier alpha value is -3.06. The van der Waals surface area contributed by atoms with E-state index in [1.54, 1.807) is 12.1 Å². The van der Waals surface area contributed by atoms with E-state index in [9.17, 15) is 14.0 Å². The molecule has 2 aromatic carbocycles.